The fourth-order valence-electron chi connectivity index (χ4n) is 1.00. The lowest BCUT2D eigenvalue weighted by Gasteiger charge is -2.02. The number of hydrogen-bond acceptors (Lipinski definition) is 2. The van der Waals surface area contributed by atoms with E-state index in [9.17, 15) is 0 Å². The Bertz CT molecular complexity index is 358. The molecule has 0 fully saturated rings. The van der Waals surface area contributed by atoms with Crippen LogP contribution in [0.3, 0.4) is 0 Å². The standard InChI is InChI=1S/C7H5BrN2O/c8-6-3-10(11)4-7-5(6)1-2-9-7/h1-4,11H. The number of hydrogen-bond donors (Lipinski definition) is 1. The van der Waals surface area contributed by atoms with Crippen molar-refractivity contribution >= 4 is 15.9 Å². The van der Waals surface area contributed by atoms with Gasteiger partial charge < -0.3 is 5.21 Å². The van der Waals surface area contributed by atoms with Gasteiger partial charge >= 0.3 is 0 Å². The number of aromatic nitrogens is 2. The van der Waals surface area contributed by atoms with Crippen molar-refractivity contribution in [1.82, 2.24) is 9.71 Å². The molecule has 0 aromatic rings. The second-order valence-electron chi connectivity index (χ2n) is 2.23. The molecule has 1 N–H and O–H groups in total. The van der Waals surface area contributed by atoms with Gasteiger partial charge in [-0.1, -0.05) is 0 Å². The average Bonchev–Trinajstić information content (AvgIpc) is 2.34. The van der Waals surface area contributed by atoms with Crippen LogP contribution in [0.4, 0.5) is 0 Å². The molecule has 0 saturated heterocycles. The highest BCUT2D eigenvalue weighted by Crippen LogP contribution is 2.27. The van der Waals surface area contributed by atoms with E-state index in [1.54, 1.807) is 18.6 Å². The average molecular weight is 213 g/mol. The van der Waals surface area contributed by atoms with Crippen molar-refractivity contribution in [2.75, 3.05) is 0 Å². The highest BCUT2D eigenvalue weighted by atomic mass is 79.9. The molecule has 2 aliphatic rings. The Hall–Kier alpha value is -1.03. The number of fused-ring (bicyclic) bond motifs is 1. The summed E-state index contributed by atoms with van der Waals surface area (Å²) in [5, 5.41) is 9.08. The van der Waals surface area contributed by atoms with E-state index >= 15 is 0 Å². The number of pyridine rings is 1. The molecule has 0 aromatic carbocycles. The first-order chi connectivity index (χ1) is 5.27. The molecule has 2 aliphatic heterocycles. The van der Waals surface area contributed by atoms with Gasteiger partial charge in [0.25, 0.3) is 0 Å². The summed E-state index contributed by atoms with van der Waals surface area (Å²) in [7, 11) is 0. The summed E-state index contributed by atoms with van der Waals surface area (Å²) in [5.74, 6) is 0. The van der Waals surface area contributed by atoms with Gasteiger partial charge in [-0.2, -0.15) is 4.73 Å². The molecule has 0 unspecified atom stereocenters. The summed E-state index contributed by atoms with van der Waals surface area (Å²) in [6, 6.07) is 1.89. The lowest BCUT2D eigenvalue weighted by Crippen LogP contribution is -1.93. The second-order valence-corrected chi connectivity index (χ2v) is 3.08. The van der Waals surface area contributed by atoms with Gasteiger partial charge in [0.05, 0.1) is 18.1 Å². The molecule has 0 radical (unpaired) electrons. The maximum Gasteiger partial charge on any atom is 0.0911 e. The Kier molecular flexibility index (Phi) is 1.35. The largest absolute Gasteiger partial charge is 0.429 e. The maximum atomic E-state index is 9.08. The van der Waals surface area contributed by atoms with E-state index in [-0.39, 0.29) is 0 Å². The smallest absolute Gasteiger partial charge is 0.0911 e. The quantitative estimate of drug-likeness (QED) is 0.679. The monoisotopic (exact) mass is 212 g/mol. The molecule has 4 heteroatoms. The summed E-state index contributed by atoms with van der Waals surface area (Å²) in [5.41, 5.74) is 1.79. The van der Waals surface area contributed by atoms with Crippen LogP contribution < -0.4 is 0 Å². The van der Waals surface area contributed by atoms with Crippen molar-refractivity contribution in [2.24, 2.45) is 0 Å². The molecule has 11 heavy (non-hydrogen) atoms. The Morgan fingerprint density at radius 3 is 3.09 bits per heavy atom. The molecule has 0 amide bonds. The van der Waals surface area contributed by atoms with Crippen molar-refractivity contribution in [3.63, 3.8) is 0 Å². The SMILES string of the molecule is On1cc2nccc-2c(Br)c1. The van der Waals surface area contributed by atoms with Gasteiger partial charge in [0, 0.05) is 16.2 Å². The van der Waals surface area contributed by atoms with Crippen LogP contribution in [0.15, 0.2) is 29.1 Å². The van der Waals surface area contributed by atoms with Gasteiger partial charge in [0.1, 0.15) is 0 Å². The summed E-state index contributed by atoms with van der Waals surface area (Å²) in [6.45, 7) is 0. The van der Waals surface area contributed by atoms with E-state index in [0.29, 0.717) is 0 Å². The third-order valence-corrected chi connectivity index (χ3v) is 2.12. The van der Waals surface area contributed by atoms with E-state index < -0.39 is 0 Å². The first kappa shape index (κ1) is 6.67. The third kappa shape index (κ3) is 0.991. The summed E-state index contributed by atoms with van der Waals surface area (Å²) in [4.78, 5) is 4.03. The van der Waals surface area contributed by atoms with Crippen molar-refractivity contribution < 1.29 is 5.21 Å². The summed E-state index contributed by atoms with van der Waals surface area (Å²) >= 11 is 3.31. The van der Waals surface area contributed by atoms with E-state index in [4.69, 9.17) is 5.21 Å². The molecule has 2 rings (SSSR count). The molecule has 0 bridgehead atoms. The topological polar surface area (TPSA) is 38.0 Å². The summed E-state index contributed by atoms with van der Waals surface area (Å²) < 4.78 is 1.83. The van der Waals surface area contributed by atoms with E-state index in [1.807, 2.05) is 6.07 Å². The molecule has 0 aliphatic carbocycles. The van der Waals surface area contributed by atoms with Crippen molar-refractivity contribution in [3.8, 4) is 11.3 Å². The van der Waals surface area contributed by atoms with Crippen LogP contribution in [0, 0.1) is 0 Å². The van der Waals surface area contributed by atoms with Crippen LogP contribution in [-0.2, 0) is 0 Å². The van der Waals surface area contributed by atoms with Crippen molar-refractivity contribution in [2.45, 2.75) is 0 Å². The van der Waals surface area contributed by atoms with E-state index in [2.05, 4.69) is 20.9 Å². The van der Waals surface area contributed by atoms with Crippen LogP contribution in [0.25, 0.3) is 11.3 Å². The van der Waals surface area contributed by atoms with Gasteiger partial charge in [0.2, 0.25) is 0 Å². The summed E-state index contributed by atoms with van der Waals surface area (Å²) in [6.07, 6.45) is 4.83. The molecule has 56 valence electrons. The van der Waals surface area contributed by atoms with Crippen LogP contribution in [-0.4, -0.2) is 14.9 Å². The Balaban J connectivity index is 2.79. The second kappa shape index (κ2) is 2.23. The van der Waals surface area contributed by atoms with Crippen LogP contribution in [0.1, 0.15) is 0 Å². The highest BCUT2D eigenvalue weighted by Gasteiger charge is 2.07. The lowest BCUT2D eigenvalue weighted by atomic mass is 10.2. The van der Waals surface area contributed by atoms with Gasteiger partial charge in [0.15, 0.2) is 0 Å². The number of rotatable bonds is 0. The van der Waals surface area contributed by atoms with E-state index in [0.717, 1.165) is 20.5 Å². The Morgan fingerprint density at radius 2 is 2.27 bits per heavy atom. The minimum Gasteiger partial charge on any atom is -0.429 e. The zero-order valence-corrected chi connectivity index (χ0v) is 7.12. The zero-order valence-electron chi connectivity index (χ0n) is 5.53. The number of halogens is 1. The van der Waals surface area contributed by atoms with Crippen LogP contribution >= 0.6 is 15.9 Å². The van der Waals surface area contributed by atoms with Crippen molar-refractivity contribution in [3.05, 3.63) is 29.1 Å². The van der Waals surface area contributed by atoms with Crippen LogP contribution in [0.5, 0.6) is 0 Å². The van der Waals surface area contributed by atoms with Gasteiger partial charge in [-0.25, -0.2) is 0 Å². The van der Waals surface area contributed by atoms with E-state index in [1.165, 1.54) is 0 Å². The molecule has 0 atom stereocenters. The molecule has 0 saturated carbocycles. The molecule has 2 heterocycles. The third-order valence-electron chi connectivity index (χ3n) is 1.49. The molecular weight excluding hydrogens is 208 g/mol. The maximum absolute atomic E-state index is 9.08. The molecular formula is C7H5BrN2O. The minimum atomic E-state index is 0.780. The molecule has 0 aromatic heterocycles. The number of nitrogens with zero attached hydrogens (tertiary/aromatic N) is 2. The van der Waals surface area contributed by atoms with Crippen LogP contribution in [0.2, 0.25) is 0 Å². The lowest BCUT2D eigenvalue weighted by molar-refractivity contribution is 0.184. The Morgan fingerprint density at radius 1 is 1.45 bits per heavy atom. The predicted molar refractivity (Wildman–Crippen MR) is 43.7 cm³/mol. The predicted octanol–water partition coefficient (Wildman–Crippen LogP) is 1.99. The van der Waals surface area contributed by atoms with Gasteiger partial charge in [-0.3, -0.25) is 4.98 Å². The molecule has 3 nitrogen and oxygen atoms in total. The first-order valence-electron chi connectivity index (χ1n) is 3.09. The normalized spacial score (nSPS) is 10.6. The fourth-order valence-corrected chi connectivity index (χ4v) is 1.55. The van der Waals surface area contributed by atoms with Gasteiger partial charge in [-0.05, 0) is 22.0 Å². The highest BCUT2D eigenvalue weighted by molar-refractivity contribution is 9.10. The van der Waals surface area contributed by atoms with Gasteiger partial charge in [-0.15, -0.1) is 0 Å². The zero-order chi connectivity index (χ0) is 7.84. The Labute approximate surface area is 71.7 Å². The van der Waals surface area contributed by atoms with Crippen molar-refractivity contribution in [1.29, 1.82) is 0 Å². The first-order valence-corrected chi connectivity index (χ1v) is 3.88. The fraction of sp³-hybridized carbons (Fsp3) is 0. The molecule has 0 spiro atoms. The minimum absolute atomic E-state index is 0.780.